The highest BCUT2D eigenvalue weighted by Crippen LogP contribution is 2.33. The van der Waals surface area contributed by atoms with Crippen molar-refractivity contribution in [2.75, 3.05) is 11.9 Å². The molecule has 0 fully saturated rings. The predicted molar refractivity (Wildman–Crippen MR) is 69.0 cm³/mol. The Morgan fingerprint density at radius 1 is 1.41 bits per heavy atom. The van der Waals surface area contributed by atoms with Gasteiger partial charge < -0.3 is 10.6 Å². The fourth-order valence-electron chi connectivity index (χ4n) is 1.12. The number of anilines is 1. The zero-order valence-corrected chi connectivity index (χ0v) is 11.3. The maximum atomic E-state index is 12.5. The van der Waals surface area contributed by atoms with E-state index in [0.717, 1.165) is 12.1 Å². The summed E-state index contributed by atoms with van der Waals surface area (Å²) in [6.07, 6.45) is -4.36. The third-order valence-corrected chi connectivity index (χ3v) is 2.82. The first-order chi connectivity index (χ1) is 7.84. The molecule has 0 heterocycles. The molecule has 0 unspecified atom stereocenters. The van der Waals surface area contributed by atoms with E-state index in [1.54, 1.807) is 0 Å². The van der Waals surface area contributed by atoms with E-state index in [0.29, 0.717) is 11.0 Å². The Hall–Kier alpha value is -0.820. The fourth-order valence-corrected chi connectivity index (χ4v) is 1.72. The van der Waals surface area contributed by atoms with Gasteiger partial charge in [-0.05, 0) is 53.3 Å². The van der Waals surface area contributed by atoms with Crippen LogP contribution in [0, 0.1) is 0 Å². The molecular formula is C10H10BrF3N2S. The number of hydrogen-bond acceptors (Lipinski definition) is 1. The van der Waals surface area contributed by atoms with E-state index in [4.69, 9.17) is 12.2 Å². The van der Waals surface area contributed by atoms with E-state index in [9.17, 15) is 13.2 Å². The topological polar surface area (TPSA) is 24.1 Å². The van der Waals surface area contributed by atoms with Crippen LogP contribution in [0.1, 0.15) is 12.5 Å². The lowest BCUT2D eigenvalue weighted by Gasteiger charge is -2.13. The lowest BCUT2D eigenvalue weighted by molar-refractivity contribution is -0.137. The van der Waals surface area contributed by atoms with Crippen LogP contribution >= 0.6 is 28.1 Å². The second-order valence-electron chi connectivity index (χ2n) is 3.18. The molecule has 0 spiro atoms. The fraction of sp³-hybridized carbons (Fsp3) is 0.300. The Kier molecular flexibility index (Phi) is 4.76. The number of alkyl halides is 3. The van der Waals surface area contributed by atoms with Gasteiger partial charge in [0.1, 0.15) is 0 Å². The molecule has 0 aliphatic heterocycles. The second kappa shape index (κ2) is 5.68. The zero-order valence-electron chi connectivity index (χ0n) is 8.86. The highest BCUT2D eigenvalue weighted by atomic mass is 79.9. The molecule has 0 atom stereocenters. The molecule has 1 rings (SSSR count). The molecule has 0 aliphatic rings. The largest absolute Gasteiger partial charge is 0.416 e. The van der Waals surface area contributed by atoms with Crippen LogP contribution in [0.4, 0.5) is 18.9 Å². The molecule has 0 radical (unpaired) electrons. The molecule has 0 saturated heterocycles. The van der Waals surface area contributed by atoms with Gasteiger partial charge in [-0.15, -0.1) is 0 Å². The summed E-state index contributed by atoms with van der Waals surface area (Å²) in [5, 5.41) is 5.78. The lowest BCUT2D eigenvalue weighted by atomic mass is 10.2. The number of nitrogens with one attached hydrogen (secondary N) is 2. The lowest BCUT2D eigenvalue weighted by Crippen LogP contribution is -2.28. The number of hydrogen-bond donors (Lipinski definition) is 2. The predicted octanol–water partition coefficient (Wildman–Crippen LogP) is 3.77. The van der Waals surface area contributed by atoms with Gasteiger partial charge in [0.25, 0.3) is 0 Å². The minimum Gasteiger partial charge on any atom is -0.363 e. The average Bonchev–Trinajstić information content (AvgIpc) is 2.20. The minimum absolute atomic E-state index is 0.283. The summed E-state index contributed by atoms with van der Waals surface area (Å²) in [5.41, 5.74) is -0.437. The zero-order chi connectivity index (χ0) is 13.1. The SMILES string of the molecule is CCNC(=S)Nc1cc(C(F)(F)F)ccc1Br. The van der Waals surface area contributed by atoms with Crippen LogP contribution in [0.5, 0.6) is 0 Å². The number of thiocarbonyl (C=S) groups is 1. The van der Waals surface area contributed by atoms with Crippen molar-refractivity contribution in [3.05, 3.63) is 28.2 Å². The molecule has 2 N–H and O–H groups in total. The molecule has 7 heteroatoms. The minimum atomic E-state index is -4.36. The Morgan fingerprint density at radius 3 is 2.59 bits per heavy atom. The maximum Gasteiger partial charge on any atom is 0.416 e. The van der Waals surface area contributed by atoms with Crippen LogP contribution in [-0.4, -0.2) is 11.7 Å². The van der Waals surface area contributed by atoms with E-state index >= 15 is 0 Å². The summed E-state index contributed by atoms with van der Waals surface area (Å²) in [4.78, 5) is 0. The van der Waals surface area contributed by atoms with Gasteiger partial charge in [0.15, 0.2) is 5.11 Å². The van der Waals surface area contributed by atoms with Crippen LogP contribution in [-0.2, 0) is 6.18 Å². The molecule has 1 aromatic carbocycles. The molecule has 0 amide bonds. The van der Waals surface area contributed by atoms with E-state index < -0.39 is 11.7 Å². The second-order valence-corrected chi connectivity index (χ2v) is 4.44. The van der Waals surface area contributed by atoms with Crippen LogP contribution in [0.2, 0.25) is 0 Å². The summed E-state index contributed by atoms with van der Waals surface area (Å²) in [6.45, 7) is 2.44. The van der Waals surface area contributed by atoms with Gasteiger partial charge in [-0.3, -0.25) is 0 Å². The van der Waals surface area contributed by atoms with Crippen molar-refractivity contribution in [3.8, 4) is 0 Å². The molecule has 94 valence electrons. The maximum absolute atomic E-state index is 12.5. The first-order valence-corrected chi connectivity index (χ1v) is 5.96. The van der Waals surface area contributed by atoms with Crippen molar-refractivity contribution in [1.82, 2.24) is 5.32 Å². The van der Waals surface area contributed by atoms with Crippen LogP contribution in [0.15, 0.2) is 22.7 Å². The molecule has 1 aromatic rings. The van der Waals surface area contributed by atoms with Crippen molar-refractivity contribution in [3.63, 3.8) is 0 Å². The monoisotopic (exact) mass is 326 g/mol. The Labute approximate surface area is 111 Å². The van der Waals surface area contributed by atoms with Gasteiger partial charge in [0.2, 0.25) is 0 Å². The molecule has 2 nitrogen and oxygen atoms in total. The van der Waals surface area contributed by atoms with Crippen molar-refractivity contribution >= 4 is 38.9 Å². The summed E-state index contributed by atoms with van der Waals surface area (Å²) in [5.74, 6) is 0. The van der Waals surface area contributed by atoms with Gasteiger partial charge in [0.05, 0.1) is 11.3 Å². The van der Waals surface area contributed by atoms with Crippen LogP contribution < -0.4 is 10.6 Å². The molecule has 0 aliphatic carbocycles. The highest BCUT2D eigenvalue weighted by molar-refractivity contribution is 9.10. The van der Waals surface area contributed by atoms with Gasteiger partial charge in [-0.25, -0.2) is 0 Å². The molecular weight excluding hydrogens is 317 g/mol. The van der Waals surface area contributed by atoms with Gasteiger partial charge >= 0.3 is 6.18 Å². The number of benzene rings is 1. The number of rotatable bonds is 2. The number of halogens is 4. The molecule has 0 saturated carbocycles. The van der Waals surface area contributed by atoms with Gasteiger partial charge in [-0.2, -0.15) is 13.2 Å². The summed E-state index contributed by atoms with van der Waals surface area (Å²) >= 11 is 8.07. The third kappa shape index (κ3) is 4.16. The van der Waals surface area contributed by atoms with E-state index in [1.807, 2.05) is 6.92 Å². The Balaban J connectivity index is 2.95. The molecule has 17 heavy (non-hydrogen) atoms. The van der Waals surface area contributed by atoms with E-state index in [1.165, 1.54) is 6.07 Å². The summed E-state index contributed by atoms with van der Waals surface area (Å²) < 4.78 is 38.0. The molecule has 0 aromatic heterocycles. The van der Waals surface area contributed by atoms with Crippen molar-refractivity contribution in [2.45, 2.75) is 13.1 Å². The quantitative estimate of drug-likeness (QED) is 0.809. The van der Waals surface area contributed by atoms with Crippen molar-refractivity contribution in [1.29, 1.82) is 0 Å². The summed E-state index contributed by atoms with van der Waals surface area (Å²) in [6, 6.07) is 3.35. The van der Waals surface area contributed by atoms with Crippen LogP contribution in [0.3, 0.4) is 0 Å². The third-order valence-electron chi connectivity index (χ3n) is 1.88. The molecule has 0 bridgehead atoms. The van der Waals surface area contributed by atoms with E-state index in [2.05, 4.69) is 26.6 Å². The van der Waals surface area contributed by atoms with Crippen molar-refractivity contribution in [2.24, 2.45) is 0 Å². The Bertz CT molecular complexity index is 421. The average molecular weight is 327 g/mol. The van der Waals surface area contributed by atoms with Crippen LogP contribution in [0.25, 0.3) is 0 Å². The van der Waals surface area contributed by atoms with Gasteiger partial charge in [-0.1, -0.05) is 0 Å². The normalized spacial score (nSPS) is 11.1. The van der Waals surface area contributed by atoms with E-state index in [-0.39, 0.29) is 10.8 Å². The Morgan fingerprint density at radius 2 is 2.06 bits per heavy atom. The smallest absolute Gasteiger partial charge is 0.363 e. The van der Waals surface area contributed by atoms with Crippen molar-refractivity contribution < 1.29 is 13.2 Å². The first-order valence-electron chi connectivity index (χ1n) is 4.76. The van der Waals surface area contributed by atoms with Gasteiger partial charge in [0, 0.05) is 11.0 Å². The highest BCUT2D eigenvalue weighted by Gasteiger charge is 2.30. The summed E-state index contributed by atoms with van der Waals surface area (Å²) in [7, 11) is 0. The standard InChI is InChI=1S/C10H10BrF3N2S/c1-2-15-9(17)16-8-5-6(10(12,13)14)3-4-7(8)11/h3-5H,2H2,1H3,(H2,15,16,17). The first kappa shape index (κ1) is 14.2.